The van der Waals surface area contributed by atoms with Gasteiger partial charge in [0, 0.05) is 44.0 Å². The average molecular weight is 306 g/mol. The van der Waals surface area contributed by atoms with Crippen molar-refractivity contribution in [3.63, 3.8) is 0 Å². The van der Waals surface area contributed by atoms with E-state index in [0.29, 0.717) is 0 Å². The van der Waals surface area contributed by atoms with Gasteiger partial charge in [0.2, 0.25) is 0 Å². The number of nitrogens with zero attached hydrogens (tertiary/aromatic N) is 4. The second-order valence-corrected chi connectivity index (χ2v) is 6.16. The molecule has 1 aromatic rings. The van der Waals surface area contributed by atoms with Gasteiger partial charge in [-0.1, -0.05) is 0 Å². The summed E-state index contributed by atoms with van der Waals surface area (Å²) >= 11 is 0. The van der Waals surface area contributed by atoms with Gasteiger partial charge in [0.1, 0.15) is 11.6 Å². The number of hydrogen-bond acceptors (Lipinski definition) is 6. The zero-order valence-electron chi connectivity index (χ0n) is 13.8. The van der Waals surface area contributed by atoms with Gasteiger partial charge in [-0.05, 0) is 20.8 Å². The molecule has 1 aromatic heterocycles. The van der Waals surface area contributed by atoms with Crippen molar-refractivity contribution in [3.05, 3.63) is 17.1 Å². The Labute approximate surface area is 132 Å². The molecule has 0 bridgehead atoms. The molecule has 0 aliphatic carbocycles. The van der Waals surface area contributed by atoms with E-state index in [0.717, 1.165) is 69.9 Å². The van der Waals surface area contributed by atoms with Crippen LogP contribution in [0.25, 0.3) is 0 Å². The van der Waals surface area contributed by atoms with Crippen molar-refractivity contribution in [2.45, 2.75) is 26.9 Å². The maximum absolute atomic E-state index is 5.97. The van der Waals surface area contributed by atoms with Crippen LogP contribution in [0.5, 0.6) is 0 Å². The molecule has 2 saturated heterocycles. The molecular weight excluding hydrogens is 280 g/mol. The number of hydrogen-bond donors (Lipinski definition) is 0. The minimum Gasteiger partial charge on any atom is -0.379 e. The van der Waals surface area contributed by atoms with Gasteiger partial charge >= 0.3 is 0 Å². The van der Waals surface area contributed by atoms with E-state index < -0.39 is 0 Å². The number of anilines is 1. The first kappa shape index (κ1) is 15.6. The Morgan fingerprint density at radius 3 is 2.59 bits per heavy atom. The minimum absolute atomic E-state index is 0.238. The lowest BCUT2D eigenvalue weighted by molar-refractivity contribution is -0.0172. The van der Waals surface area contributed by atoms with Crippen LogP contribution in [0.15, 0.2) is 0 Å². The monoisotopic (exact) mass is 306 g/mol. The zero-order chi connectivity index (χ0) is 15.5. The van der Waals surface area contributed by atoms with E-state index in [1.807, 2.05) is 6.92 Å². The summed E-state index contributed by atoms with van der Waals surface area (Å²) < 4.78 is 11.4. The highest BCUT2D eigenvalue weighted by atomic mass is 16.5. The van der Waals surface area contributed by atoms with Gasteiger partial charge in [-0.2, -0.15) is 0 Å². The Balaban J connectivity index is 1.67. The summed E-state index contributed by atoms with van der Waals surface area (Å²) in [6.07, 6.45) is 0.238. The third kappa shape index (κ3) is 3.56. The summed E-state index contributed by atoms with van der Waals surface area (Å²) in [5, 5.41) is 0. The Morgan fingerprint density at radius 1 is 1.05 bits per heavy atom. The molecule has 2 fully saturated rings. The third-order valence-electron chi connectivity index (χ3n) is 4.48. The highest BCUT2D eigenvalue weighted by Gasteiger charge is 2.25. The number of aromatic nitrogens is 2. The predicted octanol–water partition coefficient (Wildman–Crippen LogP) is 0.939. The van der Waals surface area contributed by atoms with Gasteiger partial charge in [-0.15, -0.1) is 0 Å². The molecule has 0 saturated carbocycles. The van der Waals surface area contributed by atoms with Crippen LogP contribution in [0.2, 0.25) is 0 Å². The minimum atomic E-state index is 0.238. The standard InChI is InChI=1S/C16H26N4O2/c1-12-13(2)17-14(3)18-16(12)20-6-9-22-15(11-20)10-19-4-7-21-8-5-19/h15H,4-11H2,1-3H3. The van der Waals surface area contributed by atoms with E-state index in [2.05, 4.69) is 33.6 Å². The number of aryl methyl sites for hydroxylation is 2. The summed E-state index contributed by atoms with van der Waals surface area (Å²) in [7, 11) is 0. The molecule has 0 spiro atoms. The second kappa shape index (κ2) is 6.89. The van der Waals surface area contributed by atoms with Crippen LogP contribution < -0.4 is 4.90 Å². The molecule has 6 heteroatoms. The fourth-order valence-electron chi connectivity index (χ4n) is 3.15. The maximum Gasteiger partial charge on any atom is 0.135 e. The van der Waals surface area contributed by atoms with Gasteiger partial charge < -0.3 is 14.4 Å². The number of morpholine rings is 2. The molecule has 3 heterocycles. The van der Waals surface area contributed by atoms with Crippen molar-refractivity contribution >= 4 is 5.82 Å². The first-order valence-corrected chi connectivity index (χ1v) is 8.12. The Kier molecular flexibility index (Phi) is 4.90. The van der Waals surface area contributed by atoms with Crippen LogP contribution in [0.4, 0.5) is 5.82 Å². The van der Waals surface area contributed by atoms with Crippen molar-refractivity contribution in [1.29, 1.82) is 0 Å². The average Bonchev–Trinajstić information content (AvgIpc) is 2.52. The van der Waals surface area contributed by atoms with Crippen molar-refractivity contribution in [3.8, 4) is 0 Å². The van der Waals surface area contributed by atoms with Crippen LogP contribution in [-0.2, 0) is 9.47 Å². The van der Waals surface area contributed by atoms with E-state index in [-0.39, 0.29) is 6.10 Å². The molecule has 2 aliphatic rings. The molecule has 1 atom stereocenters. The van der Waals surface area contributed by atoms with Crippen LogP contribution in [0.1, 0.15) is 17.1 Å². The molecule has 0 aromatic carbocycles. The Hall–Kier alpha value is -1.24. The quantitative estimate of drug-likeness (QED) is 0.828. The molecule has 0 radical (unpaired) electrons. The fourth-order valence-corrected chi connectivity index (χ4v) is 3.15. The highest BCUT2D eigenvalue weighted by Crippen LogP contribution is 2.22. The molecule has 2 aliphatic heterocycles. The van der Waals surface area contributed by atoms with E-state index in [4.69, 9.17) is 9.47 Å². The van der Waals surface area contributed by atoms with Gasteiger partial charge in [-0.25, -0.2) is 9.97 Å². The smallest absolute Gasteiger partial charge is 0.135 e. The van der Waals surface area contributed by atoms with Gasteiger partial charge in [0.15, 0.2) is 0 Å². The lowest BCUT2D eigenvalue weighted by Crippen LogP contribution is -2.50. The van der Waals surface area contributed by atoms with Crippen LogP contribution in [-0.4, -0.2) is 73.5 Å². The second-order valence-electron chi connectivity index (χ2n) is 6.16. The van der Waals surface area contributed by atoms with Crippen LogP contribution in [0, 0.1) is 20.8 Å². The molecular formula is C16H26N4O2. The lowest BCUT2D eigenvalue weighted by atomic mass is 10.2. The topological polar surface area (TPSA) is 50.7 Å². The maximum atomic E-state index is 5.97. The van der Waals surface area contributed by atoms with E-state index in [1.165, 1.54) is 5.56 Å². The lowest BCUT2D eigenvalue weighted by Gasteiger charge is -2.37. The predicted molar refractivity (Wildman–Crippen MR) is 85.5 cm³/mol. The molecule has 22 heavy (non-hydrogen) atoms. The summed E-state index contributed by atoms with van der Waals surface area (Å²) in [6.45, 7) is 13.3. The van der Waals surface area contributed by atoms with Gasteiger partial charge in [-0.3, -0.25) is 4.90 Å². The first-order chi connectivity index (χ1) is 10.6. The Morgan fingerprint density at radius 2 is 1.82 bits per heavy atom. The zero-order valence-corrected chi connectivity index (χ0v) is 13.8. The molecule has 3 rings (SSSR count). The fraction of sp³-hybridized carbons (Fsp3) is 0.750. The summed E-state index contributed by atoms with van der Waals surface area (Å²) in [5.41, 5.74) is 2.25. The number of rotatable bonds is 3. The SMILES string of the molecule is Cc1nc(C)c(C)c(N2CCOC(CN3CCOCC3)C2)n1. The number of ether oxygens (including phenoxy) is 2. The van der Waals surface area contributed by atoms with E-state index in [1.54, 1.807) is 0 Å². The van der Waals surface area contributed by atoms with Crippen molar-refractivity contribution in [2.24, 2.45) is 0 Å². The van der Waals surface area contributed by atoms with Gasteiger partial charge in [0.25, 0.3) is 0 Å². The van der Waals surface area contributed by atoms with Crippen molar-refractivity contribution < 1.29 is 9.47 Å². The van der Waals surface area contributed by atoms with E-state index >= 15 is 0 Å². The molecule has 0 amide bonds. The largest absolute Gasteiger partial charge is 0.379 e. The van der Waals surface area contributed by atoms with Crippen molar-refractivity contribution in [2.75, 3.05) is 57.4 Å². The molecule has 0 N–H and O–H groups in total. The molecule has 122 valence electrons. The highest BCUT2D eigenvalue weighted by molar-refractivity contribution is 5.48. The Bertz CT molecular complexity index is 517. The third-order valence-corrected chi connectivity index (χ3v) is 4.48. The summed E-state index contributed by atoms with van der Waals surface area (Å²) in [5.74, 6) is 1.91. The van der Waals surface area contributed by atoms with Crippen molar-refractivity contribution in [1.82, 2.24) is 14.9 Å². The van der Waals surface area contributed by atoms with Gasteiger partial charge in [0.05, 0.1) is 25.9 Å². The summed E-state index contributed by atoms with van der Waals surface area (Å²) in [4.78, 5) is 13.9. The molecule has 6 nitrogen and oxygen atoms in total. The van der Waals surface area contributed by atoms with Crippen LogP contribution in [0.3, 0.4) is 0 Å². The molecule has 1 unspecified atom stereocenters. The summed E-state index contributed by atoms with van der Waals surface area (Å²) in [6, 6.07) is 0. The van der Waals surface area contributed by atoms with Crippen LogP contribution >= 0.6 is 0 Å². The van der Waals surface area contributed by atoms with E-state index in [9.17, 15) is 0 Å². The normalized spacial score (nSPS) is 23.8. The first-order valence-electron chi connectivity index (χ1n) is 8.12.